The second-order valence-electron chi connectivity index (χ2n) is 8.10. The van der Waals surface area contributed by atoms with Gasteiger partial charge in [0.2, 0.25) is 5.88 Å². The Morgan fingerprint density at radius 2 is 1.88 bits per heavy atom. The lowest BCUT2D eigenvalue weighted by Gasteiger charge is -2.26. The van der Waals surface area contributed by atoms with Gasteiger partial charge in [0.05, 0.1) is 29.6 Å². The highest BCUT2D eigenvalue weighted by Gasteiger charge is 2.27. The molecule has 1 aromatic heterocycles. The Morgan fingerprint density at radius 3 is 2.52 bits per heavy atom. The van der Waals surface area contributed by atoms with Crippen LogP contribution in [-0.4, -0.2) is 46.5 Å². The topological polar surface area (TPSA) is 68.6 Å². The third kappa shape index (κ3) is 5.54. The number of hydrogen-bond acceptors (Lipinski definition) is 4. The van der Waals surface area contributed by atoms with Gasteiger partial charge in [0, 0.05) is 19.7 Å². The number of aromatic nitrogens is 2. The second-order valence-corrected chi connectivity index (χ2v) is 8.10. The minimum atomic E-state index is -0.104. The van der Waals surface area contributed by atoms with Crippen molar-refractivity contribution in [1.29, 1.82) is 0 Å². The van der Waals surface area contributed by atoms with Crippen molar-refractivity contribution in [3.63, 3.8) is 0 Å². The predicted octanol–water partition coefficient (Wildman–Crippen LogP) is 4.94. The van der Waals surface area contributed by atoms with Crippen LogP contribution in [0, 0.1) is 0 Å². The maximum absolute atomic E-state index is 13.0. The number of para-hydroxylation sites is 2. The van der Waals surface area contributed by atoms with Gasteiger partial charge < -0.3 is 19.7 Å². The molecule has 33 heavy (non-hydrogen) atoms. The third-order valence-corrected chi connectivity index (χ3v) is 5.73. The van der Waals surface area contributed by atoms with E-state index in [1.54, 1.807) is 0 Å². The number of nitrogens with zero attached hydrogens (tertiary/aromatic N) is 3. The molecule has 2 heterocycles. The number of nitrogens with one attached hydrogen (secondary N) is 1. The van der Waals surface area contributed by atoms with E-state index in [1.165, 1.54) is 0 Å². The van der Waals surface area contributed by atoms with Crippen molar-refractivity contribution >= 4 is 6.03 Å². The fourth-order valence-electron chi connectivity index (χ4n) is 4.08. The van der Waals surface area contributed by atoms with Gasteiger partial charge in [-0.05, 0) is 50.5 Å². The molecule has 0 spiro atoms. The summed E-state index contributed by atoms with van der Waals surface area (Å²) >= 11 is 0. The second kappa shape index (κ2) is 11.0. The molecule has 1 fully saturated rings. The summed E-state index contributed by atoms with van der Waals surface area (Å²) in [5.41, 5.74) is 2.73. The van der Waals surface area contributed by atoms with Crippen molar-refractivity contribution in [2.24, 2.45) is 0 Å². The molecule has 4 rings (SSSR count). The fourth-order valence-corrected chi connectivity index (χ4v) is 4.08. The lowest BCUT2D eigenvalue weighted by atomic mass is 10.1. The Labute approximate surface area is 195 Å². The lowest BCUT2D eigenvalue weighted by Crippen LogP contribution is -2.43. The van der Waals surface area contributed by atoms with Crippen molar-refractivity contribution in [1.82, 2.24) is 20.0 Å². The number of carbonyl (C=O) groups is 1. The minimum absolute atomic E-state index is 0.0559. The van der Waals surface area contributed by atoms with Crippen LogP contribution in [0.1, 0.15) is 37.9 Å². The Bertz CT molecular complexity index is 1030. The number of aryl methyl sites for hydroxylation is 1. The van der Waals surface area contributed by atoms with Crippen LogP contribution in [0.2, 0.25) is 0 Å². The van der Waals surface area contributed by atoms with Gasteiger partial charge in [0.1, 0.15) is 5.75 Å². The standard InChI is InChI=1S/C26H32N4O3/c1-3-24-23(19-29(26(31)27-4-2)18-22-16-11-17-32-22)25(33-21-14-9-6-10-15-21)30(28-24)20-12-7-5-8-13-20/h5-10,12-15,22H,3-4,11,16-19H2,1-2H3,(H,27,31). The summed E-state index contributed by atoms with van der Waals surface area (Å²) in [6, 6.07) is 19.5. The zero-order valence-corrected chi connectivity index (χ0v) is 19.4. The van der Waals surface area contributed by atoms with Crippen molar-refractivity contribution in [2.75, 3.05) is 19.7 Å². The Balaban J connectivity index is 1.74. The molecule has 1 aliphatic heterocycles. The van der Waals surface area contributed by atoms with Gasteiger partial charge >= 0.3 is 6.03 Å². The smallest absolute Gasteiger partial charge is 0.317 e. The van der Waals surface area contributed by atoms with Crippen molar-refractivity contribution < 1.29 is 14.3 Å². The number of benzene rings is 2. The average Bonchev–Trinajstić information content (AvgIpc) is 3.48. The fraction of sp³-hybridized carbons (Fsp3) is 0.385. The highest BCUT2D eigenvalue weighted by molar-refractivity contribution is 5.74. The van der Waals surface area contributed by atoms with E-state index >= 15 is 0 Å². The molecule has 3 aromatic rings. The molecule has 0 saturated carbocycles. The van der Waals surface area contributed by atoms with Crippen LogP contribution in [0.5, 0.6) is 11.6 Å². The summed E-state index contributed by atoms with van der Waals surface area (Å²) in [6.07, 6.45) is 2.78. The van der Waals surface area contributed by atoms with E-state index in [4.69, 9.17) is 14.6 Å². The van der Waals surface area contributed by atoms with Crippen LogP contribution >= 0.6 is 0 Å². The first-order chi connectivity index (χ1) is 16.2. The van der Waals surface area contributed by atoms with Crippen LogP contribution in [0.4, 0.5) is 4.79 Å². The third-order valence-electron chi connectivity index (χ3n) is 5.73. The number of carbonyl (C=O) groups excluding carboxylic acids is 1. The highest BCUT2D eigenvalue weighted by Crippen LogP contribution is 2.32. The quantitative estimate of drug-likeness (QED) is 0.504. The number of urea groups is 1. The average molecular weight is 449 g/mol. The molecule has 174 valence electrons. The largest absolute Gasteiger partial charge is 0.439 e. The molecule has 7 heteroatoms. The SMILES string of the molecule is CCNC(=O)N(Cc1c(CC)nn(-c2ccccc2)c1Oc1ccccc1)CC1CCCO1. The first-order valence-electron chi connectivity index (χ1n) is 11.7. The molecule has 0 bridgehead atoms. The van der Waals surface area contributed by atoms with Gasteiger partial charge in [-0.25, -0.2) is 9.48 Å². The zero-order valence-electron chi connectivity index (χ0n) is 19.4. The van der Waals surface area contributed by atoms with Gasteiger partial charge in [-0.15, -0.1) is 0 Å². The van der Waals surface area contributed by atoms with E-state index in [-0.39, 0.29) is 12.1 Å². The molecule has 7 nitrogen and oxygen atoms in total. The number of ether oxygens (including phenoxy) is 2. The molecule has 2 amide bonds. The monoisotopic (exact) mass is 448 g/mol. The summed E-state index contributed by atoms with van der Waals surface area (Å²) in [5.74, 6) is 1.35. The van der Waals surface area contributed by atoms with Crippen LogP contribution in [0.15, 0.2) is 60.7 Å². The molecule has 1 N–H and O–H groups in total. The van der Waals surface area contributed by atoms with Gasteiger partial charge in [0.25, 0.3) is 0 Å². The lowest BCUT2D eigenvalue weighted by molar-refractivity contribution is 0.0793. The van der Waals surface area contributed by atoms with E-state index in [0.717, 1.165) is 48.6 Å². The maximum atomic E-state index is 13.0. The number of amides is 2. The van der Waals surface area contributed by atoms with Crippen molar-refractivity contribution in [2.45, 2.75) is 45.8 Å². The molecular weight excluding hydrogens is 416 g/mol. The number of hydrogen-bond donors (Lipinski definition) is 1. The normalized spacial score (nSPS) is 15.4. The Kier molecular flexibility index (Phi) is 7.62. The summed E-state index contributed by atoms with van der Waals surface area (Å²) in [6.45, 7) is 6.25. The molecule has 1 aliphatic rings. The molecule has 1 unspecified atom stereocenters. The van der Waals surface area contributed by atoms with Crippen LogP contribution in [0.3, 0.4) is 0 Å². The first-order valence-corrected chi connectivity index (χ1v) is 11.7. The maximum Gasteiger partial charge on any atom is 0.317 e. The molecule has 0 aliphatic carbocycles. The van der Waals surface area contributed by atoms with Crippen molar-refractivity contribution in [3.05, 3.63) is 71.9 Å². The van der Waals surface area contributed by atoms with E-state index in [2.05, 4.69) is 12.2 Å². The van der Waals surface area contributed by atoms with Gasteiger partial charge in [-0.1, -0.05) is 43.3 Å². The van der Waals surface area contributed by atoms with E-state index in [0.29, 0.717) is 25.5 Å². The number of rotatable bonds is 9. The van der Waals surface area contributed by atoms with Crippen LogP contribution in [-0.2, 0) is 17.7 Å². The molecule has 1 atom stereocenters. The summed E-state index contributed by atoms with van der Waals surface area (Å²) in [4.78, 5) is 14.8. The Morgan fingerprint density at radius 1 is 1.15 bits per heavy atom. The molecule has 1 saturated heterocycles. The van der Waals surface area contributed by atoms with Gasteiger partial charge in [-0.3, -0.25) is 0 Å². The van der Waals surface area contributed by atoms with E-state index in [9.17, 15) is 4.79 Å². The van der Waals surface area contributed by atoms with Crippen molar-refractivity contribution in [3.8, 4) is 17.3 Å². The Hall–Kier alpha value is -3.32. The molecule has 0 radical (unpaired) electrons. The van der Waals surface area contributed by atoms with Crippen LogP contribution < -0.4 is 10.1 Å². The highest BCUT2D eigenvalue weighted by atomic mass is 16.5. The first kappa shape index (κ1) is 22.9. The van der Waals surface area contributed by atoms with E-state index in [1.807, 2.05) is 77.2 Å². The van der Waals surface area contributed by atoms with Gasteiger partial charge in [-0.2, -0.15) is 5.10 Å². The molecular formula is C26H32N4O3. The molecule has 2 aromatic carbocycles. The van der Waals surface area contributed by atoms with Gasteiger partial charge in [0.15, 0.2) is 0 Å². The minimum Gasteiger partial charge on any atom is -0.439 e. The summed E-state index contributed by atoms with van der Waals surface area (Å²) in [5, 5.41) is 7.84. The zero-order chi connectivity index (χ0) is 23.0. The van der Waals surface area contributed by atoms with E-state index < -0.39 is 0 Å². The van der Waals surface area contributed by atoms with Crippen LogP contribution in [0.25, 0.3) is 5.69 Å². The summed E-state index contributed by atoms with van der Waals surface area (Å²) in [7, 11) is 0. The predicted molar refractivity (Wildman–Crippen MR) is 128 cm³/mol. The summed E-state index contributed by atoms with van der Waals surface area (Å²) < 4.78 is 14.1.